The first-order valence-electron chi connectivity index (χ1n) is 8.05. The van der Waals surface area contributed by atoms with Crippen LogP contribution in [0.1, 0.15) is 42.1 Å². The van der Waals surface area contributed by atoms with E-state index in [0.29, 0.717) is 18.5 Å². The molecule has 1 fully saturated rings. The Morgan fingerprint density at radius 2 is 2.38 bits per heavy atom. The van der Waals surface area contributed by atoms with Gasteiger partial charge in [0.1, 0.15) is 5.75 Å². The fourth-order valence-electron chi connectivity index (χ4n) is 3.38. The van der Waals surface area contributed by atoms with Gasteiger partial charge >= 0.3 is 0 Å². The van der Waals surface area contributed by atoms with E-state index in [9.17, 15) is 4.79 Å². The first kappa shape index (κ1) is 14.4. The van der Waals surface area contributed by atoms with Crippen LogP contribution in [0.25, 0.3) is 0 Å². The molecule has 0 spiro atoms. The van der Waals surface area contributed by atoms with Gasteiger partial charge in [-0.15, -0.1) is 0 Å². The zero-order valence-corrected chi connectivity index (χ0v) is 12.7. The predicted octanol–water partition coefficient (Wildman–Crippen LogP) is 2.13. The molecule has 4 heteroatoms. The second kappa shape index (κ2) is 6.48. The van der Waals surface area contributed by atoms with Crippen LogP contribution in [-0.4, -0.2) is 31.6 Å². The molecule has 3 rings (SSSR count). The molecule has 21 heavy (non-hydrogen) atoms. The number of hydrogen-bond donors (Lipinski definition) is 2. The molecule has 2 heterocycles. The maximum atomic E-state index is 12.3. The minimum Gasteiger partial charge on any atom is -0.493 e. The topological polar surface area (TPSA) is 50.4 Å². The average Bonchev–Trinajstić information content (AvgIpc) is 3.00. The molecule has 4 nitrogen and oxygen atoms in total. The van der Waals surface area contributed by atoms with Crippen molar-refractivity contribution in [1.82, 2.24) is 10.6 Å². The number of carbonyl (C=O) groups is 1. The third-order valence-corrected chi connectivity index (χ3v) is 4.69. The number of fused-ring (bicyclic) bond motifs is 1. The normalized spacial score (nSPS) is 24.2. The molecule has 0 radical (unpaired) electrons. The van der Waals surface area contributed by atoms with Gasteiger partial charge in [0.05, 0.1) is 6.61 Å². The van der Waals surface area contributed by atoms with Gasteiger partial charge in [-0.1, -0.05) is 13.3 Å². The summed E-state index contributed by atoms with van der Waals surface area (Å²) in [5.74, 6) is 1.62. The van der Waals surface area contributed by atoms with E-state index in [4.69, 9.17) is 4.74 Å². The smallest absolute Gasteiger partial charge is 0.251 e. The predicted molar refractivity (Wildman–Crippen MR) is 82.8 cm³/mol. The lowest BCUT2D eigenvalue weighted by Crippen LogP contribution is -2.48. The molecule has 1 aromatic rings. The highest BCUT2D eigenvalue weighted by molar-refractivity contribution is 5.94. The number of ether oxygens (including phenoxy) is 1. The fourth-order valence-corrected chi connectivity index (χ4v) is 3.38. The molecule has 1 amide bonds. The summed E-state index contributed by atoms with van der Waals surface area (Å²) < 4.78 is 5.48. The van der Waals surface area contributed by atoms with Crippen molar-refractivity contribution >= 4 is 5.91 Å². The van der Waals surface area contributed by atoms with Gasteiger partial charge < -0.3 is 15.4 Å². The summed E-state index contributed by atoms with van der Waals surface area (Å²) in [7, 11) is 0. The first-order valence-corrected chi connectivity index (χ1v) is 8.05. The van der Waals surface area contributed by atoms with Crippen LogP contribution in [-0.2, 0) is 6.42 Å². The van der Waals surface area contributed by atoms with Crippen molar-refractivity contribution in [2.24, 2.45) is 5.92 Å². The number of carbonyl (C=O) groups excluding carboxylic acids is 1. The van der Waals surface area contributed by atoms with Gasteiger partial charge in [0, 0.05) is 24.6 Å². The Balaban J connectivity index is 1.58. The molecule has 0 saturated carbocycles. The van der Waals surface area contributed by atoms with E-state index in [1.54, 1.807) is 0 Å². The third kappa shape index (κ3) is 3.21. The first-order chi connectivity index (χ1) is 10.3. The van der Waals surface area contributed by atoms with Gasteiger partial charge in [0.2, 0.25) is 0 Å². The quantitative estimate of drug-likeness (QED) is 0.892. The second-order valence-corrected chi connectivity index (χ2v) is 6.00. The monoisotopic (exact) mass is 288 g/mol. The van der Waals surface area contributed by atoms with Crippen molar-refractivity contribution < 1.29 is 9.53 Å². The highest BCUT2D eigenvalue weighted by atomic mass is 16.5. The van der Waals surface area contributed by atoms with Crippen LogP contribution in [0.3, 0.4) is 0 Å². The number of piperidine rings is 1. The minimum absolute atomic E-state index is 0.0203. The Morgan fingerprint density at radius 3 is 3.24 bits per heavy atom. The number of rotatable bonds is 4. The van der Waals surface area contributed by atoms with E-state index >= 15 is 0 Å². The fraction of sp³-hybridized carbons (Fsp3) is 0.588. The van der Waals surface area contributed by atoms with Crippen LogP contribution < -0.4 is 15.4 Å². The van der Waals surface area contributed by atoms with Crippen LogP contribution in [0.4, 0.5) is 0 Å². The lowest BCUT2D eigenvalue weighted by atomic mass is 9.88. The van der Waals surface area contributed by atoms with E-state index in [2.05, 4.69) is 17.6 Å². The third-order valence-electron chi connectivity index (χ3n) is 4.69. The van der Waals surface area contributed by atoms with E-state index in [-0.39, 0.29) is 5.91 Å². The van der Waals surface area contributed by atoms with Gasteiger partial charge in [-0.2, -0.15) is 0 Å². The maximum Gasteiger partial charge on any atom is 0.251 e. The summed E-state index contributed by atoms with van der Waals surface area (Å²) in [6, 6.07) is 6.13. The van der Waals surface area contributed by atoms with E-state index < -0.39 is 0 Å². The molecular weight excluding hydrogens is 264 g/mol. The number of nitrogens with one attached hydrogen (secondary N) is 2. The molecule has 2 atom stereocenters. The van der Waals surface area contributed by atoms with Gasteiger partial charge in [-0.25, -0.2) is 0 Å². The molecule has 2 aliphatic rings. The van der Waals surface area contributed by atoms with Gasteiger partial charge in [-0.05, 0) is 49.1 Å². The zero-order chi connectivity index (χ0) is 14.7. The molecule has 2 aliphatic heterocycles. The van der Waals surface area contributed by atoms with Crippen LogP contribution in [0.5, 0.6) is 5.75 Å². The lowest BCUT2D eigenvalue weighted by Gasteiger charge is -2.32. The molecule has 0 aliphatic carbocycles. The van der Waals surface area contributed by atoms with Gasteiger partial charge in [0.25, 0.3) is 5.91 Å². The molecule has 0 aromatic heterocycles. The van der Waals surface area contributed by atoms with Crippen LogP contribution in [0.2, 0.25) is 0 Å². The van der Waals surface area contributed by atoms with Gasteiger partial charge in [-0.3, -0.25) is 4.79 Å². The van der Waals surface area contributed by atoms with Crippen molar-refractivity contribution in [2.45, 2.75) is 38.6 Å². The second-order valence-electron chi connectivity index (χ2n) is 6.00. The standard InChI is InChI=1S/C17H24N2O2/c1-2-12-4-3-8-18-15(12)11-19-17(20)14-5-6-16-13(10-14)7-9-21-16/h5-6,10,12,15,18H,2-4,7-9,11H2,1H3,(H,19,20). The molecule has 1 saturated heterocycles. The Labute approximate surface area is 126 Å². The SMILES string of the molecule is CCC1CCCNC1CNC(=O)c1ccc2c(c1)CCO2. The van der Waals surface area contributed by atoms with Crippen molar-refractivity contribution in [3.8, 4) is 5.75 Å². The lowest BCUT2D eigenvalue weighted by molar-refractivity contribution is 0.0942. The molecule has 0 bridgehead atoms. The van der Waals surface area contributed by atoms with Crippen molar-refractivity contribution in [1.29, 1.82) is 0 Å². The van der Waals surface area contributed by atoms with Gasteiger partial charge in [0.15, 0.2) is 0 Å². The Morgan fingerprint density at radius 1 is 1.48 bits per heavy atom. The maximum absolute atomic E-state index is 12.3. The average molecular weight is 288 g/mol. The summed E-state index contributed by atoms with van der Waals surface area (Å²) >= 11 is 0. The number of benzene rings is 1. The Kier molecular flexibility index (Phi) is 4.44. The highest BCUT2D eigenvalue weighted by Gasteiger charge is 2.23. The molecule has 1 aromatic carbocycles. The number of hydrogen-bond acceptors (Lipinski definition) is 3. The van der Waals surface area contributed by atoms with Crippen LogP contribution in [0.15, 0.2) is 18.2 Å². The van der Waals surface area contributed by atoms with Crippen LogP contribution in [0, 0.1) is 5.92 Å². The molecule has 2 N–H and O–H groups in total. The Hall–Kier alpha value is -1.55. The van der Waals surface area contributed by atoms with E-state index in [1.807, 2.05) is 18.2 Å². The summed E-state index contributed by atoms with van der Waals surface area (Å²) in [5, 5.41) is 6.62. The molecule has 2 unspecified atom stereocenters. The molecular formula is C17H24N2O2. The van der Waals surface area contributed by atoms with Crippen molar-refractivity contribution in [2.75, 3.05) is 19.7 Å². The summed E-state index contributed by atoms with van der Waals surface area (Å²) in [6.07, 6.45) is 4.58. The summed E-state index contributed by atoms with van der Waals surface area (Å²) in [6.45, 7) is 4.73. The Bertz CT molecular complexity index is 516. The summed E-state index contributed by atoms with van der Waals surface area (Å²) in [4.78, 5) is 12.3. The van der Waals surface area contributed by atoms with Crippen molar-refractivity contribution in [3.05, 3.63) is 29.3 Å². The largest absolute Gasteiger partial charge is 0.493 e. The minimum atomic E-state index is 0.0203. The summed E-state index contributed by atoms with van der Waals surface area (Å²) in [5.41, 5.74) is 1.88. The number of amides is 1. The zero-order valence-electron chi connectivity index (χ0n) is 12.7. The van der Waals surface area contributed by atoms with Crippen LogP contribution >= 0.6 is 0 Å². The van der Waals surface area contributed by atoms with E-state index in [1.165, 1.54) is 19.3 Å². The molecule has 114 valence electrons. The highest BCUT2D eigenvalue weighted by Crippen LogP contribution is 2.26. The van der Waals surface area contributed by atoms with E-state index in [0.717, 1.165) is 36.4 Å². The van der Waals surface area contributed by atoms with Crippen molar-refractivity contribution in [3.63, 3.8) is 0 Å².